The molecule has 0 amide bonds. The van der Waals surface area contributed by atoms with Gasteiger partial charge >= 0.3 is 0 Å². The lowest BCUT2D eigenvalue weighted by atomic mass is 10.0. The topological polar surface area (TPSA) is 54.4 Å². The molecule has 0 unspecified atom stereocenters. The summed E-state index contributed by atoms with van der Waals surface area (Å²) in [5, 5.41) is 13.0. The van der Waals surface area contributed by atoms with Crippen molar-refractivity contribution in [1.82, 2.24) is 10.3 Å². The Balaban J connectivity index is 1.34. The van der Waals surface area contributed by atoms with Crippen LogP contribution in [0, 0.1) is 5.82 Å². The number of aryl methyl sites for hydroxylation is 1. The van der Waals surface area contributed by atoms with Crippen LogP contribution in [-0.4, -0.2) is 22.7 Å². The quantitative estimate of drug-likeness (QED) is 0.716. The molecule has 2 N–H and O–H groups in total. The molecule has 4 nitrogen and oxygen atoms in total. The van der Waals surface area contributed by atoms with Gasteiger partial charge in [-0.1, -0.05) is 12.1 Å². The number of rotatable bonds is 5. The van der Waals surface area contributed by atoms with Crippen molar-refractivity contribution >= 4 is 0 Å². The van der Waals surface area contributed by atoms with E-state index in [1.807, 2.05) is 12.3 Å². The van der Waals surface area contributed by atoms with Gasteiger partial charge in [0.05, 0.1) is 0 Å². The predicted molar refractivity (Wildman–Crippen MR) is 102 cm³/mol. The summed E-state index contributed by atoms with van der Waals surface area (Å²) >= 11 is 0. The van der Waals surface area contributed by atoms with Crippen LogP contribution in [0.4, 0.5) is 4.39 Å². The summed E-state index contributed by atoms with van der Waals surface area (Å²) in [6.45, 7) is 1.42. The molecule has 2 heterocycles. The fourth-order valence-electron chi connectivity index (χ4n) is 3.34. The summed E-state index contributed by atoms with van der Waals surface area (Å²) in [7, 11) is 0. The second-order valence-corrected chi connectivity index (χ2v) is 6.79. The van der Waals surface area contributed by atoms with E-state index < -0.39 is 0 Å². The highest BCUT2D eigenvalue weighted by Crippen LogP contribution is 2.30. The van der Waals surface area contributed by atoms with E-state index in [-0.39, 0.29) is 17.7 Å². The number of aromatic nitrogens is 1. The molecule has 0 bridgehead atoms. The summed E-state index contributed by atoms with van der Waals surface area (Å²) in [5.41, 5.74) is 4.04. The zero-order chi connectivity index (χ0) is 18.6. The van der Waals surface area contributed by atoms with E-state index in [1.54, 1.807) is 30.5 Å². The van der Waals surface area contributed by atoms with Gasteiger partial charge in [0.1, 0.15) is 23.4 Å². The summed E-state index contributed by atoms with van der Waals surface area (Å²) in [6, 6.07) is 13.7. The van der Waals surface area contributed by atoms with Crippen LogP contribution in [0.5, 0.6) is 11.5 Å². The van der Waals surface area contributed by atoms with Crippen LogP contribution in [0.1, 0.15) is 17.5 Å². The number of aromatic hydroxyl groups is 1. The highest BCUT2D eigenvalue weighted by molar-refractivity contribution is 5.62. The Morgan fingerprint density at radius 2 is 1.93 bits per heavy atom. The summed E-state index contributed by atoms with van der Waals surface area (Å²) < 4.78 is 19.1. The number of halogens is 1. The van der Waals surface area contributed by atoms with Crippen LogP contribution < -0.4 is 10.1 Å². The molecule has 0 fully saturated rings. The summed E-state index contributed by atoms with van der Waals surface area (Å²) in [4.78, 5) is 4.30. The summed E-state index contributed by atoms with van der Waals surface area (Å²) in [6.07, 6.45) is 5.54. The number of fused-ring (bicyclic) bond motifs is 1. The van der Waals surface area contributed by atoms with E-state index in [4.69, 9.17) is 4.74 Å². The first-order valence-corrected chi connectivity index (χ1v) is 9.06. The van der Waals surface area contributed by atoms with Gasteiger partial charge in [0, 0.05) is 31.0 Å². The summed E-state index contributed by atoms with van der Waals surface area (Å²) in [5.74, 6) is 0.891. The molecule has 27 heavy (non-hydrogen) atoms. The first kappa shape index (κ1) is 17.5. The first-order valence-electron chi connectivity index (χ1n) is 9.06. The van der Waals surface area contributed by atoms with Gasteiger partial charge in [-0.2, -0.15) is 0 Å². The maximum absolute atomic E-state index is 13.1. The number of phenolic OH excluding ortho intramolecular Hbond substituents is 1. The predicted octanol–water partition coefficient (Wildman–Crippen LogP) is 4.08. The van der Waals surface area contributed by atoms with Gasteiger partial charge in [-0.25, -0.2) is 4.39 Å². The molecule has 2 aromatic carbocycles. The minimum Gasteiger partial charge on any atom is -0.508 e. The van der Waals surface area contributed by atoms with Crippen LogP contribution in [-0.2, 0) is 13.0 Å². The molecule has 138 valence electrons. The lowest BCUT2D eigenvalue weighted by Crippen LogP contribution is -2.33. The maximum atomic E-state index is 13.1. The van der Waals surface area contributed by atoms with Crippen molar-refractivity contribution in [3.8, 4) is 22.6 Å². The zero-order valence-corrected chi connectivity index (χ0v) is 14.9. The number of nitrogens with one attached hydrogen (secondary N) is 1. The van der Waals surface area contributed by atoms with Crippen molar-refractivity contribution in [2.75, 3.05) is 6.54 Å². The number of benzene rings is 2. The third-order valence-electron chi connectivity index (χ3n) is 4.75. The molecule has 3 aromatic rings. The van der Waals surface area contributed by atoms with Gasteiger partial charge in [0.2, 0.25) is 0 Å². The Labute approximate surface area is 157 Å². The standard InChI is InChI=1S/C22H21FN2O2/c23-19-4-1-16(2-5-19)18-9-15(11-24-13-18)12-25-14-21-7-3-17-10-20(26)6-8-22(17)27-21/h1-2,4-6,8-11,13,21,25-26H,3,7,12,14H2/t21-/m1/s1. The van der Waals surface area contributed by atoms with Crippen LogP contribution in [0.2, 0.25) is 0 Å². The average molecular weight is 364 g/mol. The highest BCUT2D eigenvalue weighted by atomic mass is 19.1. The first-order chi connectivity index (χ1) is 13.2. The monoisotopic (exact) mass is 364 g/mol. The van der Waals surface area contributed by atoms with Gasteiger partial charge < -0.3 is 15.2 Å². The van der Waals surface area contributed by atoms with Crippen molar-refractivity contribution in [3.63, 3.8) is 0 Å². The van der Waals surface area contributed by atoms with Crippen molar-refractivity contribution < 1.29 is 14.2 Å². The maximum Gasteiger partial charge on any atom is 0.123 e. The number of pyridine rings is 1. The molecule has 0 saturated heterocycles. The van der Waals surface area contributed by atoms with Crippen LogP contribution in [0.25, 0.3) is 11.1 Å². The largest absolute Gasteiger partial charge is 0.508 e. The molecule has 5 heteroatoms. The van der Waals surface area contributed by atoms with Crippen molar-refractivity contribution in [2.45, 2.75) is 25.5 Å². The lowest BCUT2D eigenvalue weighted by molar-refractivity contribution is 0.170. The van der Waals surface area contributed by atoms with Crippen molar-refractivity contribution in [3.05, 3.63) is 77.9 Å². The zero-order valence-electron chi connectivity index (χ0n) is 14.9. The SMILES string of the molecule is Oc1ccc2c(c1)CC[C@H](CNCc1cncc(-c3ccc(F)cc3)c1)O2. The minimum absolute atomic E-state index is 0.107. The second kappa shape index (κ2) is 7.76. The molecule has 1 atom stereocenters. The molecular formula is C22H21FN2O2. The Bertz CT molecular complexity index is 928. The number of hydrogen-bond acceptors (Lipinski definition) is 4. The number of nitrogens with zero attached hydrogens (tertiary/aromatic N) is 1. The molecule has 0 spiro atoms. The van der Waals surface area contributed by atoms with Crippen LogP contribution in [0.3, 0.4) is 0 Å². The van der Waals surface area contributed by atoms with Gasteiger partial charge in [0.15, 0.2) is 0 Å². The molecule has 4 rings (SSSR count). The fraction of sp³-hybridized carbons (Fsp3) is 0.227. The van der Waals surface area contributed by atoms with E-state index in [2.05, 4.69) is 16.4 Å². The second-order valence-electron chi connectivity index (χ2n) is 6.79. The van der Waals surface area contributed by atoms with Gasteiger partial charge in [0.25, 0.3) is 0 Å². The third kappa shape index (κ3) is 4.26. The normalized spacial score (nSPS) is 15.8. The number of hydrogen-bond donors (Lipinski definition) is 2. The number of ether oxygens (including phenoxy) is 1. The smallest absolute Gasteiger partial charge is 0.123 e. The minimum atomic E-state index is -0.242. The van der Waals surface area contributed by atoms with E-state index in [9.17, 15) is 9.50 Å². The van der Waals surface area contributed by atoms with E-state index in [0.717, 1.165) is 47.4 Å². The van der Waals surface area contributed by atoms with Gasteiger partial charge in [-0.15, -0.1) is 0 Å². The van der Waals surface area contributed by atoms with E-state index in [1.165, 1.54) is 12.1 Å². The molecule has 1 aromatic heterocycles. The van der Waals surface area contributed by atoms with Crippen LogP contribution >= 0.6 is 0 Å². The Morgan fingerprint density at radius 1 is 1.07 bits per heavy atom. The lowest BCUT2D eigenvalue weighted by Gasteiger charge is -2.26. The molecular weight excluding hydrogens is 343 g/mol. The molecule has 1 aliphatic heterocycles. The Kier molecular flexibility index (Phi) is 5.03. The number of phenols is 1. The fourth-order valence-corrected chi connectivity index (χ4v) is 3.34. The molecule has 0 saturated carbocycles. The Hall–Kier alpha value is -2.92. The van der Waals surface area contributed by atoms with Gasteiger partial charge in [-0.05, 0) is 65.9 Å². The Morgan fingerprint density at radius 3 is 2.78 bits per heavy atom. The molecule has 1 aliphatic rings. The molecule has 0 radical (unpaired) electrons. The van der Waals surface area contributed by atoms with Crippen LogP contribution in [0.15, 0.2) is 60.9 Å². The van der Waals surface area contributed by atoms with Crippen molar-refractivity contribution in [2.24, 2.45) is 0 Å². The van der Waals surface area contributed by atoms with E-state index in [0.29, 0.717) is 6.54 Å². The average Bonchev–Trinajstić information content (AvgIpc) is 2.69. The highest BCUT2D eigenvalue weighted by Gasteiger charge is 2.19. The van der Waals surface area contributed by atoms with Crippen molar-refractivity contribution in [1.29, 1.82) is 0 Å². The van der Waals surface area contributed by atoms with Gasteiger partial charge in [-0.3, -0.25) is 4.98 Å². The third-order valence-corrected chi connectivity index (χ3v) is 4.75. The molecule has 0 aliphatic carbocycles. The van der Waals surface area contributed by atoms with E-state index >= 15 is 0 Å².